The zero-order valence-electron chi connectivity index (χ0n) is 14.2. The number of halogens is 1. The molecule has 0 radical (unpaired) electrons. The topological polar surface area (TPSA) is 59.3 Å². The zero-order valence-corrected chi connectivity index (χ0v) is 14.9. The van der Waals surface area contributed by atoms with E-state index in [-0.39, 0.29) is 11.9 Å². The van der Waals surface area contributed by atoms with Gasteiger partial charge in [-0.1, -0.05) is 23.7 Å². The van der Waals surface area contributed by atoms with E-state index in [2.05, 4.69) is 22.3 Å². The largest absolute Gasteiger partial charge is 0.349 e. The molecule has 3 aromatic rings. The number of amides is 1. The Bertz CT molecular complexity index is 961. The maximum absolute atomic E-state index is 12.7. The molecule has 1 amide bonds. The Kier molecular flexibility index (Phi) is 3.96. The van der Waals surface area contributed by atoms with Gasteiger partial charge in [-0.25, -0.2) is 9.50 Å². The molecule has 0 spiro atoms. The molecule has 128 valence electrons. The van der Waals surface area contributed by atoms with Gasteiger partial charge < -0.3 is 5.32 Å². The summed E-state index contributed by atoms with van der Waals surface area (Å²) in [6.45, 7) is 4.00. The number of aromatic nitrogens is 3. The number of carbonyl (C=O) groups is 1. The first-order chi connectivity index (χ1) is 12.0. The number of carbonyl (C=O) groups excluding carboxylic acids is 1. The predicted octanol–water partition coefficient (Wildman–Crippen LogP) is 3.89. The van der Waals surface area contributed by atoms with E-state index in [9.17, 15) is 4.79 Å². The number of aryl methyl sites for hydroxylation is 1. The summed E-state index contributed by atoms with van der Waals surface area (Å²) in [5.74, 6) is 0.479. The molecule has 25 heavy (non-hydrogen) atoms. The molecule has 2 aromatic heterocycles. The minimum atomic E-state index is -0.121. The van der Waals surface area contributed by atoms with Crippen LogP contribution >= 0.6 is 11.6 Å². The van der Waals surface area contributed by atoms with E-state index in [0.717, 1.165) is 17.0 Å². The molecular weight excluding hydrogens is 336 g/mol. The zero-order chi connectivity index (χ0) is 17.6. The summed E-state index contributed by atoms with van der Waals surface area (Å²) in [4.78, 5) is 17.3. The Morgan fingerprint density at radius 2 is 2.16 bits per heavy atom. The second-order valence-electron chi connectivity index (χ2n) is 6.69. The smallest absolute Gasteiger partial charge is 0.256 e. The number of fused-ring (bicyclic) bond motifs is 1. The number of nitrogens with one attached hydrogen (secondary N) is 1. The lowest BCUT2D eigenvalue weighted by molar-refractivity contribution is 0.0937. The highest BCUT2D eigenvalue weighted by Gasteiger charge is 2.29. The monoisotopic (exact) mass is 354 g/mol. The first-order valence-corrected chi connectivity index (χ1v) is 8.83. The Morgan fingerprint density at radius 1 is 1.36 bits per heavy atom. The van der Waals surface area contributed by atoms with E-state index in [4.69, 9.17) is 11.6 Å². The average Bonchev–Trinajstić information content (AvgIpc) is 3.34. The third-order valence-electron chi connectivity index (χ3n) is 4.70. The lowest BCUT2D eigenvalue weighted by Gasteiger charge is -2.12. The van der Waals surface area contributed by atoms with Gasteiger partial charge in [0, 0.05) is 22.3 Å². The Balaban J connectivity index is 1.74. The molecule has 5 nitrogen and oxygen atoms in total. The number of hydrogen-bond donors (Lipinski definition) is 1. The molecule has 4 rings (SSSR count). The Labute approximate surface area is 151 Å². The summed E-state index contributed by atoms with van der Waals surface area (Å²) in [6, 6.07) is 9.66. The second kappa shape index (κ2) is 6.15. The van der Waals surface area contributed by atoms with Gasteiger partial charge in [-0.15, -0.1) is 0 Å². The van der Waals surface area contributed by atoms with Crippen LogP contribution in [0.15, 0.2) is 36.5 Å². The fourth-order valence-electron chi connectivity index (χ4n) is 3.07. The Hall–Kier alpha value is -2.40. The van der Waals surface area contributed by atoms with Gasteiger partial charge in [0.05, 0.1) is 11.9 Å². The van der Waals surface area contributed by atoms with Gasteiger partial charge in [0.2, 0.25) is 0 Å². The summed E-state index contributed by atoms with van der Waals surface area (Å²) in [5.41, 5.74) is 3.67. The summed E-state index contributed by atoms with van der Waals surface area (Å²) in [6.07, 6.45) is 3.96. The standard InChI is InChI=1S/C19H19ClN4O/c1-11-8-17(14-4-3-5-15(20)9-14)23-18-16(10-21-24(11)18)19(25)22-12(2)13-6-7-13/h3-5,8-10,12-13H,6-7H2,1-2H3,(H,22,25). The maximum atomic E-state index is 12.7. The van der Waals surface area contributed by atoms with Crippen LogP contribution in [0, 0.1) is 12.8 Å². The van der Waals surface area contributed by atoms with Crippen LogP contribution in [0.1, 0.15) is 35.8 Å². The van der Waals surface area contributed by atoms with Crippen LogP contribution in [0.3, 0.4) is 0 Å². The highest BCUT2D eigenvalue weighted by atomic mass is 35.5. The first kappa shape index (κ1) is 16.1. The van der Waals surface area contributed by atoms with Crippen LogP contribution in [0.4, 0.5) is 0 Å². The van der Waals surface area contributed by atoms with Crippen LogP contribution < -0.4 is 5.32 Å². The first-order valence-electron chi connectivity index (χ1n) is 8.45. The third kappa shape index (κ3) is 3.12. The Morgan fingerprint density at radius 3 is 2.88 bits per heavy atom. The van der Waals surface area contributed by atoms with Crippen LogP contribution in [0.5, 0.6) is 0 Å². The van der Waals surface area contributed by atoms with Crippen molar-refractivity contribution in [3.63, 3.8) is 0 Å². The molecule has 0 bridgehead atoms. The van der Waals surface area contributed by atoms with Crippen molar-refractivity contribution < 1.29 is 4.79 Å². The molecule has 1 saturated carbocycles. The fourth-order valence-corrected chi connectivity index (χ4v) is 3.26. The number of rotatable bonds is 4. The van der Waals surface area contributed by atoms with E-state index >= 15 is 0 Å². The van der Waals surface area contributed by atoms with Crippen molar-refractivity contribution in [3.05, 3.63) is 52.8 Å². The van der Waals surface area contributed by atoms with Gasteiger partial charge in [0.15, 0.2) is 5.65 Å². The van der Waals surface area contributed by atoms with Gasteiger partial charge in [0.1, 0.15) is 5.56 Å². The van der Waals surface area contributed by atoms with Crippen LogP contribution in [0.25, 0.3) is 16.9 Å². The summed E-state index contributed by atoms with van der Waals surface area (Å²) >= 11 is 6.10. The van der Waals surface area contributed by atoms with Gasteiger partial charge in [-0.05, 0) is 50.8 Å². The van der Waals surface area contributed by atoms with Crippen molar-refractivity contribution in [3.8, 4) is 11.3 Å². The third-order valence-corrected chi connectivity index (χ3v) is 4.94. The molecule has 1 aliphatic carbocycles. The van der Waals surface area contributed by atoms with Gasteiger partial charge in [-0.3, -0.25) is 4.79 Å². The minimum absolute atomic E-state index is 0.121. The molecule has 1 aliphatic rings. The SMILES string of the molecule is Cc1cc(-c2cccc(Cl)c2)nc2c(C(=O)NC(C)C3CC3)cnn12. The quantitative estimate of drug-likeness (QED) is 0.773. The van der Waals surface area contributed by atoms with Gasteiger partial charge >= 0.3 is 0 Å². The molecule has 1 N–H and O–H groups in total. The second-order valence-corrected chi connectivity index (χ2v) is 7.12. The van der Waals surface area contributed by atoms with Crippen molar-refractivity contribution in [2.75, 3.05) is 0 Å². The van der Waals surface area contributed by atoms with Crippen molar-refractivity contribution in [2.24, 2.45) is 5.92 Å². The van der Waals surface area contributed by atoms with E-state index < -0.39 is 0 Å². The fraction of sp³-hybridized carbons (Fsp3) is 0.316. The molecule has 1 unspecified atom stereocenters. The number of benzene rings is 1. The van der Waals surface area contributed by atoms with Crippen LogP contribution in [-0.2, 0) is 0 Å². The highest BCUT2D eigenvalue weighted by Crippen LogP contribution is 2.32. The predicted molar refractivity (Wildman–Crippen MR) is 97.8 cm³/mol. The molecular formula is C19H19ClN4O. The number of nitrogens with zero attached hydrogens (tertiary/aromatic N) is 3. The summed E-state index contributed by atoms with van der Waals surface area (Å²) in [5, 5.41) is 8.05. The van der Waals surface area contributed by atoms with E-state index in [1.54, 1.807) is 10.7 Å². The highest BCUT2D eigenvalue weighted by molar-refractivity contribution is 6.30. The average molecular weight is 355 g/mol. The minimum Gasteiger partial charge on any atom is -0.349 e. The van der Waals surface area contributed by atoms with Gasteiger partial charge in [0.25, 0.3) is 5.91 Å². The molecule has 1 atom stereocenters. The van der Waals surface area contributed by atoms with Crippen LogP contribution in [-0.4, -0.2) is 26.5 Å². The van der Waals surface area contributed by atoms with Crippen molar-refractivity contribution in [1.29, 1.82) is 0 Å². The lowest BCUT2D eigenvalue weighted by Crippen LogP contribution is -2.34. The van der Waals surface area contributed by atoms with Crippen molar-refractivity contribution in [1.82, 2.24) is 19.9 Å². The molecule has 2 heterocycles. The summed E-state index contributed by atoms with van der Waals surface area (Å²) in [7, 11) is 0. The van der Waals surface area contributed by atoms with Crippen molar-refractivity contribution in [2.45, 2.75) is 32.7 Å². The van der Waals surface area contributed by atoms with E-state index in [1.807, 2.05) is 37.3 Å². The molecule has 0 saturated heterocycles. The van der Waals surface area contributed by atoms with Crippen LogP contribution in [0.2, 0.25) is 5.02 Å². The normalized spacial score (nSPS) is 15.3. The summed E-state index contributed by atoms with van der Waals surface area (Å²) < 4.78 is 1.70. The molecule has 1 fully saturated rings. The van der Waals surface area contributed by atoms with E-state index in [0.29, 0.717) is 22.2 Å². The number of hydrogen-bond acceptors (Lipinski definition) is 3. The molecule has 1 aromatic carbocycles. The molecule has 6 heteroatoms. The lowest BCUT2D eigenvalue weighted by atomic mass is 10.1. The molecule has 0 aliphatic heterocycles. The van der Waals surface area contributed by atoms with E-state index in [1.165, 1.54) is 12.8 Å². The van der Waals surface area contributed by atoms with Gasteiger partial charge in [-0.2, -0.15) is 5.10 Å². The maximum Gasteiger partial charge on any atom is 0.256 e. The van der Waals surface area contributed by atoms with Crippen molar-refractivity contribution >= 4 is 23.2 Å².